The minimum atomic E-state index is -0.350. The summed E-state index contributed by atoms with van der Waals surface area (Å²) in [5, 5.41) is 5.71. The Hall–Kier alpha value is -3.11. The van der Waals surface area contributed by atoms with Crippen molar-refractivity contribution in [2.75, 3.05) is 10.2 Å². The summed E-state index contributed by atoms with van der Waals surface area (Å²) in [6.07, 6.45) is 0. The molecule has 8 heteroatoms. The predicted octanol–water partition coefficient (Wildman–Crippen LogP) is 4.22. The zero-order valence-corrected chi connectivity index (χ0v) is 18.4. The van der Waals surface area contributed by atoms with Gasteiger partial charge in [0, 0.05) is 9.26 Å². The van der Waals surface area contributed by atoms with E-state index in [1.807, 2.05) is 12.1 Å². The van der Waals surface area contributed by atoms with Crippen molar-refractivity contribution in [1.29, 1.82) is 0 Å². The van der Waals surface area contributed by atoms with Gasteiger partial charge in [0.15, 0.2) is 5.11 Å². The number of imide groups is 1. The van der Waals surface area contributed by atoms with Crippen LogP contribution in [-0.2, 0) is 0 Å². The van der Waals surface area contributed by atoms with Crippen LogP contribution in [0, 0.1) is 3.57 Å². The van der Waals surface area contributed by atoms with E-state index in [1.165, 1.54) is 0 Å². The lowest BCUT2D eigenvalue weighted by molar-refractivity contribution is 0.0923. The van der Waals surface area contributed by atoms with E-state index < -0.39 is 0 Å². The van der Waals surface area contributed by atoms with Crippen LogP contribution in [-0.4, -0.2) is 22.8 Å². The highest BCUT2D eigenvalue weighted by atomic mass is 127. The Morgan fingerprint density at radius 2 is 1.40 bits per heavy atom. The maximum Gasteiger partial charge on any atom is 0.266 e. The van der Waals surface area contributed by atoms with E-state index in [0.717, 1.165) is 8.47 Å². The van der Waals surface area contributed by atoms with Crippen LogP contribution in [0.15, 0.2) is 72.8 Å². The molecule has 0 aromatic heterocycles. The molecule has 0 saturated carbocycles. The van der Waals surface area contributed by atoms with E-state index in [-0.39, 0.29) is 22.8 Å². The summed E-state index contributed by atoms with van der Waals surface area (Å²) in [5.74, 6) is -1.01. The lowest BCUT2D eigenvalue weighted by Crippen LogP contribution is -2.34. The Balaban J connectivity index is 1.44. The molecule has 148 valence electrons. The number of hydrogen-bond acceptors (Lipinski definition) is 4. The Bertz CT molecular complexity index is 1160. The summed E-state index contributed by atoms with van der Waals surface area (Å²) in [7, 11) is 0. The van der Waals surface area contributed by atoms with Gasteiger partial charge in [0.25, 0.3) is 17.7 Å². The molecule has 0 radical (unpaired) electrons. The second-order valence-electron chi connectivity index (χ2n) is 6.43. The summed E-state index contributed by atoms with van der Waals surface area (Å²) in [6, 6.07) is 20.6. The molecule has 3 aromatic rings. The number of nitrogens with zero attached hydrogens (tertiary/aromatic N) is 1. The van der Waals surface area contributed by atoms with Gasteiger partial charge in [-0.05, 0) is 83.3 Å². The monoisotopic (exact) mass is 527 g/mol. The fraction of sp³-hybridized carbons (Fsp3) is 0. The van der Waals surface area contributed by atoms with E-state index in [9.17, 15) is 14.4 Å². The molecule has 0 spiro atoms. The number of rotatable bonds is 3. The molecule has 0 unspecified atom stereocenters. The molecule has 0 fully saturated rings. The molecule has 3 aromatic carbocycles. The van der Waals surface area contributed by atoms with Crippen LogP contribution in [0.5, 0.6) is 0 Å². The normalized spacial score (nSPS) is 12.5. The van der Waals surface area contributed by atoms with Gasteiger partial charge in [0.2, 0.25) is 0 Å². The molecule has 0 aliphatic carbocycles. The fourth-order valence-corrected chi connectivity index (χ4v) is 3.94. The number of carbonyl (C=O) groups is 3. The van der Waals surface area contributed by atoms with Gasteiger partial charge in [-0.15, -0.1) is 0 Å². The Morgan fingerprint density at radius 3 is 2.00 bits per heavy atom. The molecule has 1 heterocycles. The molecule has 0 saturated heterocycles. The van der Waals surface area contributed by atoms with Gasteiger partial charge in [0.05, 0.1) is 22.4 Å². The quantitative estimate of drug-likeness (QED) is 0.303. The predicted molar refractivity (Wildman–Crippen MR) is 127 cm³/mol. The molecule has 6 nitrogen and oxygen atoms in total. The van der Waals surface area contributed by atoms with Gasteiger partial charge < -0.3 is 5.32 Å². The van der Waals surface area contributed by atoms with Gasteiger partial charge in [0.1, 0.15) is 0 Å². The fourth-order valence-electron chi connectivity index (χ4n) is 3.10. The van der Waals surface area contributed by atoms with Crippen LogP contribution in [0.1, 0.15) is 31.1 Å². The van der Waals surface area contributed by atoms with E-state index in [4.69, 9.17) is 12.2 Å². The van der Waals surface area contributed by atoms with E-state index >= 15 is 0 Å². The third-order valence-electron chi connectivity index (χ3n) is 4.52. The molecule has 0 atom stereocenters. The topological polar surface area (TPSA) is 78.5 Å². The number of nitrogens with one attached hydrogen (secondary N) is 2. The minimum Gasteiger partial charge on any atom is -0.332 e. The lowest BCUT2D eigenvalue weighted by Gasteiger charge is -2.15. The molecular weight excluding hydrogens is 513 g/mol. The van der Waals surface area contributed by atoms with E-state index in [0.29, 0.717) is 28.1 Å². The Kier molecular flexibility index (Phi) is 5.60. The van der Waals surface area contributed by atoms with Crippen molar-refractivity contribution in [1.82, 2.24) is 5.32 Å². The van der Waals surface area contributed by atoms with Crippen LogP contribution in [0.3, 0.4) is 0 Å². The first kappa shape index (κ1) is 20.2. The number of hydrogen-bond donors (Lipinski definition) is 2. The molecule has 30 heavy (non-hydrogen) atoms. The SMILES string of the molecule is O=C(NC(=S)Nc1ccc(N2C(=O)c3ccccc3C2=O)cc1)c1ccccc1I. The van der Waals surface area contributed by atoms with Crippen LogP contribution in [0.25, 0.3) is 0 Å². The number of fused-ring (bicyclic) bond motifs is 1. The van der Waals surface area contributed by atoms with E-state index in [1.54, 1.807) is 60.7 Å². The molecule has 1 aliphatic rings. The second kappa shape index (κ2) is 8.33. The van der Waals surface area contributed by atoms with Crippen molar-refractivity contribution < 1.29 is 14.4 Å². The number of thiocarbonyl (C=S) groups is 1. The molecule has 1 aliphatic heterocycles. The van der Waals surface area contributed by atoms with Crippen molar-refractivity contribution >= 4 is 69.0 Å². The highest BCUT2D eigenvalue weighted by Gasteiger charge is 2.36. The first-order chi connectivity index (χ1) is 14.5. The van der Waals surface area contributed by atoms with Crippen molar-refractivity contribution in [3.05, 3.63) is 93.1 Å². The smallest absolute Gasteiger partial charge is 0.266 e. The highest BCUT2D eigenvalue weighted by molar-refractivity contribution is 14.1. The number of anilines is 2. The van der Waals surface area contributed by atoms with Gasteiger partial charge in [-0.2, -0.15) is 0 Å². The van der Waals surface area contributed by atoms with Crippen LogP contribution < -0.4 is 15.5 Å². The van der Waals surface area contributed by atoms with Crippen molar-refractivity contribution in [2.45, 2.75) is 0 Å². The molecule has 2 N–H and O–H groups in total. The van der Waals surface area contributed by atoms with Crippen molar-refractivity contribution in [3.8, 4) is 0 Å². The highest BCUT2D eigenvalue weighted by Crippen LogP contribution is 2.29. The van der Waals surface area contributed by atoms with Gasteiger partial charge >= 0.3 is 0 Å². The zero-order chi connectivity index (χ0) is 21.3. The molecular formula is C22H14IN3O3S. The Morgan fingerprint density at radius 1 is 0.833 bits per heavy atom. The number of halogens is 1. The minimum absolute atomic E-state index is 0.146. The standard InChI is InChI=1S/C22H14IN3O3S/c23-18-8-4-3-7-17(18)19(27)25-22(30)24-13-9-11-14(12-10-13)26-20(28)15-5-1-2-6-16(15)21(26)29/h1-12H,(H2,24,25,27,30). The van der Waals surface area contributed by atoms with Gasteiger partial charge in [-0.1, -0.05) is 24.3 Å². The number of amides is 3. The summed E-state index contributed by atoms with van der Waals surface area (Å²) >= 11 is 7.30. The lowest BCUT2D eigenvalue weighted by atomic mass is 10.1. The molecule has 3 amide bonds. The summed E-state index contributed by atoms with van der Waals surface area (Å²) < 4.78 is 0.820. The van der Waals surface area contributed by atoms with E-state index in [2.05, 4.69) is 33.2 Å². The van der Waals surface area contributed by atoms with Crippen molar-refractivity contribution in [3.63, 3.8) is 0 Å². The third-order valence-corrected chi connectivity index (χ3v) is 5.67. The summed E-state index contributed by atoms with van der Waals surface area (Å²) in [4.78, 5) is 38.6. The average molecular weight is 527 g/mol. The van der Waals surface area contributed by atoms with Crippen LogP contribution in [0.2, 0.25) is 0 Å². The molecule has 0 bridgehead atoms. The zero-order valence-electron chi connectivity index (χ0n) is 15.4. The maximum atomic E-state index is 12.6. The summed E-state index contributed by atoms with van der Waals surface area (Å²) in [6.45, 7) is 0. The van der Waals surface area contributed by atoms with Crippen LogP contribution in [0.4, 0.5) is 11.4 Å². The largest absolute Gasteiger partial charge is 0.332 e. The molecule has 4 rings (SSSR count). The Labute approximate surface area is 191 Å². The van der Waals surface area contributed by atoms with Crippen molar-refractivity contribution in [2.24, 2.45) is 0 Å². The first-order valence-corrected chi connectivity index (χ1v) is 10.4. The van der Waals surface area contributed by atoms with Gasteiger partial charge in [-0.3, -0.25) is 19.7 Å². The second-order valence-corrected chi connectivity index (χ2v) is 8.00. The summed E-state index contributed by atoms with van der Waals surface area (Å²) in [5.41, 5.74) is 2.39. The maximum absolute atomic E-state index is 12.6. The number of benzene rings is 3. The number of carbonyl (C=O) groups excluding carboxylic acids is 3. The third kappa shape index (κ3) is 3.83. The van der Waals surface area contributed by atoms with Gasteiger partial charge in [-0.25, -0.2) is 4.90 Å². The van der Waals surface area contributed by atoms with Crippen LogP contribution >= 0.6 is 34.8 Å². The average Bonchev–Trinajstić information content (AvgIpc) is 2.99. The first-order valence-electron chi connectivity index (χ1n) is 8.90.